The van der Waals surface area contributed by atoms with Gasteiger partial charge in [-0.1, -0.05) is 32.8 Å². The van der Waals surface area contributed by atoms with E-state index >= 15 is 0 Å². The fourth-order valence-corrected chi connectivity index (χ4v) is 2.28. The van der Waals surface area contributed by atoms with E-state index in [9.17, 15) is 14.7 Å². The molecule has 2 N–H and O–H groups in total. The van der Waals surface area contributed by atoms with Gasteiger partial charge in [-0.2, -0.15) is 0 Å². The maximum Gasteiger partial charge on any atom is 0.342 e. The number of ether oxygens (including phenoxy) is 2. The maximum atomic E-state index is 12.0. The fraction of sp³-hybridized carbons (Fsp3) is 0.556. The van der Waals surface area contributed by atoms with E-state index in [0.29, 0.717) is 5.92 Å². The number of para-hydroxylation sites is 1. The number of rotatable bonds is 9. The van der Waals surface area contributed by atoms with Crippen LogP contribution >= 0.6 is 0 Å². The molecule has 0 aromatic heterocycles. The van der Waals surface area contributed by atoms with Crippen LogP contribution in [0.5, 0.6) is 11.5 Å². The summed E-state index contributed by atoms with van der Waals surface area (Å²) in [6, 6.07) is 4.52. The molecule has 1 aromatic rings. The number of methoxy groups -OCH3 is 1. The zero-order valence-electron chi connectivity index (χ0n) is 14.8. The third kappa shape index (κ3) is 6.48. The van der Waals surface area contributed by atoms with Gasteiger partial charge in [0.2, 0.25) is 0 Å². The van der Waals surface area contributed by atoms with E-state index in [1.807, 2.05) is 6.92 Å². The van der Waals surface area contributed by atoms with E-state index in [1.54, 1.807) is 6.07 Å². The van der Waals surface area contributed by atoms with Gasteiger partial charge in [-0.3, -0.25) is 4.79 Å². The molecule has 0 aliphatic rings. The van der Waals surface area contributed by atoms with Crippen molar-refractivity contribution in [1.82, 2.24) is 5.32 Å². The van der Waals surface area contributed by atoms with E-state index in [0.717, 1.165) is 19.3 Å². The predicted molar refractivity (Wildman–Crippen MR) is 91.2 cm³/mol. The van der Waals surface area contributed by atoms with E-state index in [1.165, 1.54) is 19.2 Å². The minimum Gasteiger partial charge on any atom is -0.504 e. The highest BCUT2D eigenvalue weighted by Crippen LogP contribution is 2.29. The van der Waals surface area contributed by atoms with Crippen LogP contribution in [-0.4, -0.2) is 36.7 Å². The number of benzene rings is 1. The van der Waals surface area contributed by atoms with Crippen LogP contribution in [0.15, 0.2) is 18.2 Å². The lowest BCUT2D eigenvalue weighted by atomic mass is 10.0. The number of carbonyl (C=O) groups excluding carboxylic acids is 2. The molecule has 1 unspecified atom stereocenters. The van der Waals surface area contributed by atoms with E-state index in [2.05, 4.69) is 19.2 Å². The number of phenols is 1. The number of hydrogen-bond acceptors (Lipinski definition) is 5. The molecule has 0 fully saturated rings. The topological polar surface area (TPSA) is 84.9 Å². The number of amides is 1. The molecular formula is C18H27NO5. The summed E-state index contributed by atoms with van der Waals surface area (Å²) in [6.45, 7) is 5.87. The molecule has 0 bridgehead atoms. The Balaban J connectivity index is 2.43. The molecule has 0 aliphatic carbocycles. The van der Waals surface area contributed by atoms with Crippen molar-refractivity contribution in [3.63, 3.8) is 0 Å². The van der Waals surface area contributed by atoms with Crippen molar-refractivity contribution in [3.8, 4) is 11.5 Å². The van der Waals surface area contributed by atoms with Gasteiger partial charge < -0.3 is 19.9 Å². The lowest BCUT2D eigenvalue weighted by molar-refractivity contribution is -0.124. The highest BCUT2D eigenvalue weighted by molar-refractivity contribution is 5.94. The lowest BCUT2D eigenvalue weighted by Gasteiger charge is -2.15. The first kappa shape index (κ1) is 19.8. The van der Waals surface area contributed by atoms with Crippen molar-refractivity contribution in [2.24, 2.45) is 5.92 Å². The second-order valence-corrected chi connectivity index (χ2v) is 6.23. The molecule has 1 atom stereocenters. The minimum atomic E-state index is -0.769. The minimum absolute atomic E-state index is 0.0279. The number of hydrogen-bond donors (Lipinski definition) is 2. The van der Waals surface area contributed by atoms with E-state index in [4.69, 9.17) is 9.47 Å². The van der Waals surface area contributed by atoms with Crippen LogP contribution < -0.4 is 10.1 Å². The lowest BCUT2D eigenvalue weighted by Crippen LogP contribution is -2.35. The Labute approximate surface area is 143 Å². The van der Waals surface area contributed by atoms with Crippen molar-refractivity contribution in [3.05, 3.63) is 23.8 Å². The number of carbonyl (C=O) groups is 2. The molecule has 134 valence electrons. The highest BCUT2D eigenvalue weighted by atomic mass is 16.5. The smallest absolute Gasteiger partial charge is 0.342 e. The van der Waals surface area contributed by atoms with Gasteiger partial charge in [0.05, 0.1) is 7.11 Å². The zero-order valence-corrected chi connectivity index (χ0v) is 14.8. The second-order valence-electron chi connectivity index (χ2n) is 6.23. The third-order valence-corrected chi connectivity index (χ3v) is 3.60. The molecule has 0 aliphatic heterocycles. The van der Waals surface area contributed by atoms with Gasteiger partial charge in [0.25, 0.3) is 5.91 Å². The molecule has 6 nitrogen and oxygen atoms in total. The molecule has 0 saturated heterocycles. The monoisotopic (exact) mass is 337 g/mol. The molecule has 0 saturated carbocycles. The van der Waals surface area contributed by atoms with Crippen molar-refractivity contribution in [2.45, 2.75) is 46.1 Å². The van der Waals surface area contributed by atoms with Crippen molar-refractivity contribution < 1.29 is 24.2 Å². The van der Waals surface area contributed by atoms with Crippen LogP contribution in [0.1, 0.15) is 50.4 Å². The zero-order chi connectivity index (χ0) is 18.1. The summed E-state index contributed by atoms with van der Waals surface area (Å²) in [5.41, 5.74) is -0.0351. The highest BCUT2D eigenvalue weighted by Gasteiger charge is 2.17. The number of phenolic OH excluding ortho intramolecular Hbond substituents is 1. The van der Waals surface area contributed by atoms with Gasteiger partial charge in [-0.25, -0.2) is 4.79 Å². The third-order valence-electron chi connectivity index (χ3n) is 3.60. The Bertz CT molecular complexity index is 556. The summed E-state index contributed by atoms with van der Waals surface area (Å²) in [5, 5.41) is 12.7. The largest absolute Gasteiger partial charge is 0.504 e. The van der Waals surface area contributed by atoms with Gasteiger partial charge >= 0.3 is 5.97 Å². The van der Waals surface area contributed by atoms with Crippen LogP contribution in [0.2, 0.25) is 0 Å². The van der Waals surface area contributed by atoms with E-state index < -0.39 is 5.97 Å². The Hall–Kier alpha value is -2.24. The Morgan fingerprint density at radius 1 is 1.21 bits per heavy atom. The van der Waals surface area contributed by atoms with Gasteiger partial charge in [0.1, 0.15) is 5.56 Å². The van der Waals surface area contributed by atoms with Crippen LogP contribution in [0.4, 0.5) is 0 Å². The SMILES string of the molecule is COc1cccc(C(=O)OCC(=O)NC(C)CCCC(C)C)c1O. The molecule has 1 amide bonds. The average Bonchev–Trinajstić information content (AvgIpc) is 2.52. The Morgan fingerprint density at radius 2 is 1.92 bits per heavy atom. The number of aromatic hydroxyl groups is 1. The predicted octanol–water partition coefficient (Wildman–Crippen LogP) is 2.89. The van der Waals surface area contributed by atoms with Crippen LogP contribution in [0.25, 0.3) is 0 Å². The molecule has 24 heavy (non-hydrogen) atoms. The average molecular weight is 337 g/mol. The molecule has 0 heterocycles. The molecule has 1 rings (SSSR count). The maximum absolute atomic E-state index is 12.0. The van der Waals surface area contributed by atoms with Crippen molar-refractivity contribution in [2.75, 3.05) is 13.7 Å². The van der Waals surface area contributed by atoms with Gasteiger partial charge in [-0.15, -0.1) is 0 Å². The summed E-state index contributed by atoms with van der Waals surface area (Å²) >= 11 is 0. The Morgan fingerprint density at radius 3 is 2.54 bits per heavy atom. The first-order valence-corrected chi connectivity index (χ1v) is 8.17. The summed E-state index contributed by atoms with van der Waals surface area (Å²) in [5.74, 6) is -0.610. The second kappa shape index (κ2) is 9.80. The summed E-state index contributed by atoms with van der Waals surface area (Å²) in [4.78, 5) is 23.8. The number of nitrogens with one attached hydrogen (secondary N) is 1. The van der Waals surface area contributed by atoms with Crippen LogP contribution in [0, 0.1) is 5.92 Å². The quantitative estimate of drug-likeness (QED) is 0.677. The normalized spacial score (nSPS) is 11.9. The van der Waals surface area contributed by atoms with Crippen molar-refractivity contribution in [1.29, 1.82) is 0 Å². The van der Waals surface area contributed by atoms with Crippen molar-refractivity contribution >= 4 is 11.9 Å². The van der Waals surface area contributed by atoms with Crippen LogP contribution in [0.3, 0.4) is 0 Å². The summed E-state index contributed by atoms with van der Waals surface area (Å²) in [7, 11) is 1.39. The summed E-state index contributed by atoms with van der Waals surface area (Å²) < 4.78 is 9.88. The first-order valence-electron chi connectivity index (χ1n) is 8.17. The summed E-state index contributed by atoms with van der Waals surface area (Å²) in [6.07, 6.45) is 3.04. The number of esters is 1. The molecular weight excluding hydrogens is 310 g/mol. The fourth-order valence-electron chi connectivity index (χ4n) is 2.28. The molecule has 1 aromatic carbocycles. The van der Waals surface area contributed by atoms with Gasteiger partial charge in [0.15, 0.2) is 18.1 Å². The standard InChI is InChI=1S/C18H27NO5/c1-12(2)7-5-8-13(3)19-16(20)11-24-18(22)14-9-6-10-15(23-4)17(14)21/h6,9-10,12-13,21H,5,7-8,11H2,1-4H3,(H,19,20). The first-order chi connectivity index (χ1) is 11.3. The van der Waals surface area contributed by atoms with E-state index in [-0.39, 0.29) is 35.6 Å². The Kier molecular flexibility index (Phi) is 8.09. The van der Waals surface area contributed by atoms with Gasteiger partial charge in [0, 0.05) is 6.04 Å². The molecule has 0 radical (unpaired) electrons. The van der Waals surface area contributed by atoms with Gasteiger partial charge in [-0.05, 0) is 31.4 Å². The molecule has 0 spiro atoms. The van der Waals surface area contributed by atoms with Crippen LogP contribution in [-0.2, 0) is 9.53 Å². The molecule has 6 heteroatoms.